The molecule has 23 heavy (non-hydrogen) atoms. The van der Waals surface area contributed by atoms with Crippen LogP contribution in [0.3, 0.4) is 0 Å². The third-order valence-corrected chi connectivity index (χ3v) is 3.99. The Kier molecular flexibility index (Phi) is 4.24. The van der Waals surface area contributed by atoms with Crippen molar-refractivity contribution in [1.82, 2.24) is 30.5 Å². The van der Waals surface area contributed by atoms with Gasteiger partial charge < -0.3 is 10.1 Å². The highest BCUT2D eigenvalue weighted by molar-refractivity contribution is 7.86. The summed E-state index contributed by atoms with van der Waals surface area (Å²) in [4.78, 5) is 0. The van der Waals surface area contributed by atoms with Gasteiger partial charge in [0.2, 0.25) is 5.88 Å². The highest BCUT2D eigenvalue weighted by Crippen LogP contribution is 2.22. The monoisotopic (exact) mass is 340 g/mol. The van der Waals surface area contributed by atoms with Gasteiger partial charge in [-0.3, -0.25) is 4.18 Å². The lowest BCUT2D eigenvalue weighted by atomic mass is 10.2. The van der Waals surface area contributed by atoms with E-state index in [-0.39, 0.29) is 6.04 Å². The predicted octanol–water partition coefficient (Wildman–Crippen LogP) is -0.767. The summed E-state index contributed by atoms with van der Waals surface area (Å²) in [7, 11) is -2.03. The minimum Gasteiger partial charge on any atom is -0.480 e. The van der Waals surface area contributed by atoms with E-state index in [9.17, 15) is 8.42 Å². The lowest BCUT2D eigenvalue weighted by Gasteiger charge is -2.17. The largest absolute Gasteiger partial charge is 0.480 e. The second-order valence-corrected chi connectivity index (χ2v) is 6.71. The van der Waals surface area contributed by atoms with E-state index in [1.807, 2.05) is 0 Å². The van der Waals surface area contributed by atoms with Crippen LogP contribution in [-0.4, -0.2) is 66.2 Å². The van der Waals surface area contributed by atoms with Crippen LogP contribution in [0.2, 0.25) is 0 Å². The third-order valence-electron chi connectivity index (χ3n) is 3.39. The Hall–Kier alpha value is -2.11. The van der Waals surface area contributed by atoms with Gasteiger partial charge in [-0.2, -0.15) is 8.42 Å². The molecule has 1 saturated heterocycles. The summed E-state index contributed by atoms with van der Waals surface area (Å²) in [6.45, 7) is 0.965. The minimum atomic E-state index is -3.54. The van der Waals surface area contributed by atoms with Crippen molar-refractivity contribution in [3.05, 3.63) is 18.3 Å². The molecule has 3 rings (SSSR count). The van der Waals surface area contributed by atoms with E-state index in [0.717, 1.165) is 6.26 Å². The van der Waals surface area contributed by atoms with Gasteiger partial charge in [0.05, 0.1) is 25.6 Å². The standard InChI is InChI=1S/C12H16N6O4S/c1-21-12-4-3-8(14-16-12)9-7-18(17-15-9)10-5-13-6-11(10)22-23(2,19)20/h3-4,7,10-11,13H,5-6H2,1-2H3/t10-,11-/m1/s1. The third kappa shape index (κ3) is 3.63. The van der Waals surface area contributed by atoms with Crippen molar-refractivity contribution < 1.29 is 17.3 Å². The topological polar surface area (TPSA) is 121 Å². The zero-order valence-electron chi connectivity index (χ0n) is 12.6. The zero-order chi connectivity index (χ0) is 16.4. The SMILES string of the molecule is COc1ccc(-c2cn([C@@H]3CNC[C@H]3OS(C)(=O)=O)nn2)nn1. The van der Waals surface area contributed by atoms with Gasteiger partial charge in [0, 0.05) is 19.2 Å². The number of nitrogens with zero attached hydrogens (tertiary/aromatic N) is 5. The second-order valence-electron chi connectivity index (χ2n) is 5.11. The molecule has 3 heterocycles. The molecule has 2 atom stereocenters. The second kappa shape index (κ2) is 6.18. The Morgan fingerprint density at radius 1 is 1.22 bits per heavy atom. The molecule has 0 radical (unpaired) electrons. The summed E-state index contributed by atoms with van der Waals surface area (Å²) in [5, 5.41) is 19.1. The zero-order valence-corrected chi connectivity index (χ0v) is 13.4. The van der Waals surface area contributed by atoms with Crippen LogP contribution in [0.1, 0.15) is 6.04 Å². The first kappa shape index (κ1) is 15.8. The number of hydrogen-bond acceptors (Lipinski definition) is 9. The van der Waals surface area contributed by atoms with Gasteiger partial charge in [-0.15, -0.1) is 15.3 Å². The molecule has 1 aliphatic rings. The van der Waals surface area contributed by atoms with Gasteiger partial charge >= 0.3 is 0 Å². The van der Waals surface area contributed by atoms with Crippen LogP contribution in [0.15, 0.2) is 18.3 Å². The molecule has 10 nitrogen and oxygen atoms in total. The van der Waals surface area contributed by atoms with Crippen molar-refractivity contribution in [2.45, 2.75) is 12.1 Å². The van der Waals surface area contributed by atoms with E-state index >= 15 is 0 Å². The number of hydrogen-bond donors (Lipinski definition) is 1. The van der Waals surface area contributed by atoms with Crippen LogP contribution in [0.25, 0.3) is 11.4 Å². The lowest BCUT2D eigenvalue weighted by molar-refractivity contribution is 0.177. The van der Waals surface area contributed by atoms with Gasteiger partial charge in [0.15, 0.2) is 0 Å². The molecule has 0 saturated carbocycles. The summed E-state index contributed by atoms with van der Waals surface area (Å²) >= 11 is 0. The van der Waals surface area contributed by atoms with E-state index in [1.165, 1.54) is 7.11 Å². The minimum absolute atomic E-state index is 0.266. The summed E-state index contributed by atoms with van der Waals surface area (Å²) < 4.78 is 34.3. The van der Waals surface area contributed by atoms with Crippen molar-refractivity contribution in [3.63, 3.8) is 0 Å². The summed E-state index contributed by atoms with van der Waals surface area (Å²) in [6.07, 6.45) is 2.19. The molecular weight excluding hydrogens is 324 g/mol. The van der Waals surface area contributed by atoms with Gasteiger partial charge in [-0.05, 0) is 6.07 Å². The molecule has 0 unspecified atom stereocenters. The summed E-state index contributed by atoms with van der Waals surface area (Å²) in [5.74, 6) is 0.405. The normalized spacial score (nSPS) is 21.5. The fraction of sp³-hybridized carbons (Fsp3) is 0.500. The van der Waals surface area contributed by atoms with Crippen molar-refractivity contribution in [1.29, 1.82) is 0 Å². The quantitative estimate of drug-likeness (QED) is 0.699. The molecule has 2 aromatic rings. The Bertz CT molecular complexity index is 775. The van der Waals surface area contributed by atoms with Crippen LogP contribution in [0.4, 0.5) is 0 Å². The van der Waals surface area contributed by atoms with Crippen molar-refractivity contribution in [2.75, 3.05) is 26.5 Å². The maximum absolute atomic E-state index is 11.3. The highest BCUT2D eigenvalue weighted by atomic mass is 32.2. The van der Waals surface area contributed by atoms with Gasteiger partial charge in [0.1, 0.15) is 17.5 Å². The summed E-state index contributed by atoms with van der Waals surface area (Å²) in [6, 6.07) is 3.13. The Balaban J connectivity index is 1.80. The maximum Gasteiger partial charge on any atom is 0.264 e. The van der Waals surface area contributed by atoms with Gasteiger partial charge in [-0.25, -0.2) is 4.68 Å². The molecule has 0 aliphatic carbocycles. The molecule has 0 amide bonds. The van der Waals surface area contributed by atoms with Crippen molar-refractivity contribution in [2.24, 2.45) is 0 Å². The Morgan fingerprint density at radius 3 is 2.70 bits per heavy atom. The first-order valence-electron chi connectivity index (χ1n) is 6.85. The van der Waals surface area contributed by atoms with Crippen LogP contribution in [-0.2, 0) is 14.3 Å². The number of aromatic nitrogens is 5. The molecule has 11 heteroatoms. The molecule has 0 bridgehead atoms. The van der Waals surface area contributed by atoms with Crippen LogP contribution in [0.5, 0.6) is 5.88 Å². The Labute approximate surface area is 132 Å². The van der Waals surface area contributed by atoms with Crippen molar-refractivity contribution >= 4 is 10.1 Å². The average molecular weight is 340 g/mol. The van der Waals surface area contributed by atoms with Crippen LogP contribution < -0.4 is 10.1 Å². The van der Waals surface area contributed by atoms with Crippen molar-refractivity contribution in [3.8, 4) is 17.3 Å². The molecular formula is C12H16N6O4S. The molecule has 0 aromatic carbocycles. The molecule has 0 spiro atoms. The van der Waals surface area contributed by atoms with E-state index in [1.54, 1.807) is 23.0 Å². The van der Waals surface area contributed by atoms with E-state index < -0.39 is 16.2 Å². The average Bonchev–Trinajstić information content (AvgIpc) is 3.14. The van der Waals surface area contributed by atoms with E-state index in [4.69, 9.17) is 8.92 Å². The highest BCUT2D eigenvalue weighted by Gasteiger charge is 2.33. The number of methoxy groups -OCH3 is 1. The Morgan fingerprint density at radius 2 is 2.04 bits per heavy atom. The van der Waals surface area contributed by atoms with E-state index in [0.29, 0.717) is 30.4 Å². The van der Waals surface area contributed by atoms with Crippen LogP contribution in [0, 0.1) is 0 Å². The summed E-state index contributed by atoms with van der Waals surface area (Å²) in [5.41, 5.74) is 1.08. The number of nitrogens with one attached hydrogen (secondary N) is 1. The molecule has 2 aromatic heterocycles. The predicted molar refractivity (Wildman–Crippen MR) is 79.2 cm³/mol. The molecule has 1 fully saturated rings. The molecule has 124 valence electrons. The first-order valence-corrected chi connectivity index (χ1v) is 8.67. The molecule has 1 N–H and O–H groups in total. The smallest absolute Gasteiger partial charge is 0.264 e. The number of ether oxygens (including phenoxy) is 1. The molecule has 1 aliphatic heterocycles. The lowest BCUT2D eigenvalue weighted by Crippen LogP contribution is -2.28. The fourth-order valence-electron chi connectivity index (χ4n) is 2.35. The first-order chi connectivity index (χ1) is 11.0. The number of rotatable bonds is 5. The van der Waals surface area contributed by atoms with Gasteiger partial charge in [0.25, 0.3) is 10.1 Å². The maximum atomic E-state index is 11.3. The fourth-order valence-corrected chi connectivity index (χ4v) is 2.99. The van der Waals surface area contributed by atoms with Gasteiger partial charge in [-0.1, -0.05) is 5.21 Å². The van der Waals surface area contributed by atoms with Crippen LogP contribution >= 0.6 is 0 Å². The van der Waals surface area contributed by atoms with E-state index in [2.05, 4.69) is 25.8 Å².